The Morgan fingerprint density at radius 3 is 2.50 bits per heavy atom. The van der Waals surface area contributed by atoms with Crippen molar-refractivity contribution in [3.63, 3.8) is 0 Å². The molecular formula is C6H8NO3. The van der Waals surface area contributed by atoms with Crippen LogP contribution in [0.4, 0.5) is 0 Å². The number of nitriles is 1. The average molecular weight is 142 g/mol. The molecule has 1 radical (unpaired) electrons. The molecule has 0 rings (SSSR count). The van der Waals surface area contributed by atoms with E-state index in [9.17, 15) is 4.79 Å². The molecule has 10 heavy (non-hydrogen) atoms. The molecule has 0 aromatic rings. The molecule has 0 heterocycles. The summed E-state index contributed by atoms with van der Waals surface area (Å²) >= 11 is 0. The number of carbonyl (C=O) groups is 1. The van der Waals surface area contributed by atoms with Gasteiger partial charge in [-0.15, -0.1) is 0 Å². The van der Waals surface area contributed by atoms with Crippen molar-refractivity contribution in [2.45, 2.75) is 6.10 Å². The molecule has 0 amide bonds. The highest BCUT2D eigenvalue weighted by Gasteiger charge is 2.23. The number of methoxy groups -OCH3 is 1. The van der Waals surface area contributed by atoms with E-state index in [0.717, 1.165) is 0 Å². The highest BCUT2D eigenvalue weighted by Crippen LogP contribution is 2.04. The van der Waals surface area contributed by atoms with E-state index in [1.54, 1.807) is 6.07 Å². The van der Waals surface area contributed by atoms with Crippen molar-refractivity contribution >= 4 is 5.97 Å². The maximum Gasteiger partial charge on any atom is 0.323 e. The van der Waals surface area contributed by atoms with Gasteiger partial charge in [0.05, 0.1) is 12.2 Å². The molecule has 2 unspecified atom stereocenters. The molecule has 1 N–H and O–H groups in total. The maximum atomic E-state index is 10.2. The lowest BCUT2D eigenvalue weighted by Gasteiger charge is -2.10. The van der Waals surface area contributed by atoms with Crippen LogP contribution < -0.4 is 0 Å². The maximum absolute atomic E-state index is 10.2. The van der Waals surface area contributed by atoms with Crippen LogP contribution in [0.3, 0.4) is 0 Å². The van der Waals surface area contributed by atoms with Gasteiger partial charge in [-0.3, -0.25) is 4.79 Å². The zero-order valence-corrected chi connectivity index (χ0v) is 5.57. The second-order valence-corrected chi connectivity index (χ2v) is 1.72. The van der Waals surface area contributed by atoms with Gasteiger partial charge < -0.3 is 9.84 Å². The highest BCUT2D eigenvalue weighted by atomic mass is 16.5. The minimum absolute atomic E-state index is 0.803. The minimum Gasteiger partial charge on any atom is -0.480 e. The summed E-state index contributed by atoms with van der Waals surface area (Å²) in [5, 5.41) is 16.6. The third kappa shape index (κ3) is 2.03. The van der Waals surface area contributed by atoms with Crippen LogP contribution in [0.15, 0.2) is 0 Å². The van der Waals surface area contributed by atoms with Gasteiger partial charge in [0.2, 0.25) is 0 Å². The van der Waals surface area contributed by atoms with E-state index in [0.29, 0.717) is 0 Å². The second kappa shape index (κ2) is 3.85. The van der Waals surface area contributed by atoms with E-state index < -0.39 is 18.0 Å². The quantitative estimate of drug-likeness (QED) is 0.604. The molecule has 4 heteroatoms. The van der Waals surface area contributed by atoms with E-state index in [-0.39, 0.29) is 0 Å². The van der Waals surface area contributed by atoms with Crippen molar-refractivity contribution in [1.29, 1.82) is 5.26 Å². The Labute approximate surface area is 59.0 Å². The van der Waals surface area contributed by atoms with Crippen LogP contribution >= 0.6 is 0 Å². The molecule has 0 aliphatic heterocycles. The zero-order chi connectivity index (χ0) is 8.15. The molecular weight excluding hydrogens is 134 g/mol. The monoisotopic (exact) mass is 142 g/mol. The van der Waals surface area contributed by atoms with Crippen LogP contribution in [0.2, 0.25) is 0 Å². The zero-order valence-electron chi connectivity index (χ0n) is 5.57. The van der Waals surface area contributed by atoms with Crippen LogP contribution in [0.25, 0.3) is 0 Å². The Kier molecular flexibility index (Phi) is 3.44. The first-order valence-electron chi connectivity index (χ1n) is 2.61. The van der Waals surface area contributed by atoms with Crippen molar-refractivity contribution in [1.82, 2.24) is 0 Å². The van der Waals surface area contributed by atoms with Gasteiger partial charge in [-0.2, -0.15) is 5.26 Å². The summed E-state index contributed by atoms with van der Waals surface area (Å²) < 4.78 is 4.55. The smallest absolute Gasteiger partial charge is 0.323 e. The fourth-order valence-electron chi connectivity index (χ4n) is 0.433. The summed E-state index contributed by atoms with van der Waals surface area (Å²) in [6.45, 7) is 3.32. The average Bonchev–Trinajstić information content (AvgIpc) is 1.88. The summed E-state index contributed by atoms with van der Waals surface area (Å²) in [6, 6.07) is 1.57. The molecule has 0 saturated heterocycles. The lowest BCUT2D eigenvalue weighted by molar-refractivity contribution is -0.142. The third-order valence-corrected chi connectivity index (χ3v) is 1.08. The van der Waals surface area contributed by atoms with E-state index in [1.807, 2.05) is 0 Å². The first-order valence-corrected chi connectivity index (χ1v) is 2.61. The van der Waals surface area contributed by atoms with Crippen molar-refractivity contribution < 1.29 is 14.6 Å². The SMILES string of the molecule is [CH2]C(OC)C(C#N)C(=O)O. The van der Waals surface area contributed by atoms with E-state index in [2.05, 4.69) is 11.7 Å². The molecule has 0 saturated carbocycles. The molecule has 0 fully saturated rings. The predicted molar refractivity (Wildman–Crippen MR) is 32.9 cm³/mol. The Balaban J connectivity index is 4.10. The third-order valence-electron chi connectivity index (χ3n) is 1.08. The van der Waals surface area contributed by atoms with Crippen molar-refractivity contribution in [2.24, 2.45) is 5.92 Å². The van der Waals surface area contributed by atoms with Crippen LogP contribution in [0, 0.1) is 24.2 Å². The fourth-order valence-corrected chi connectivity index (χ4v) is 0.433. The number of nitrogens with zero attached hydrogens (tertiary/aromatic N) is 1. The van der Waals surface area contributed by atoms with Crippen molar-refractivity contribution in [3.05, 3.63) is 6.92 Å². The number of rotatable bonds is 3. The van der Waals surface area contributed by atoms with Crippen LogP contribution in [0.5, 0.6) is 0 Å². The van der Waals surface area contributed by atoms with Gasteiger partial charge in [0.15, 0.2) is 5.92 Å². The summed E-state index contributed by atoms with van der Waals surface area (Å²) in [4.78, 5) is 10.2. The highest BCUT2D eigenvalue weighted by molar-refractivity contribution is 5.73. The Hall–Kier alpha value is -1.08. The normalized spacial score (nSPS) is 15.3. The van der Waals surface area contributed by atoms with Crippen LogP contribution in [-0.4, -0.2) is 24.3 Å². The summed E-state index contributed by atoms with van der Waals surface area (Å²) in [5.74, 6) is -2.38. The largest absolute Gasteiger partial charge is 0.480 e. The van der Waals surface area contributed by atoms with E-state index in [1.165, 1.54) is 7.11 Å². The van der Waals surface area contributed by atoms with Gasteiger partial charge in [-0.25, -0.2) is 0 Å². The molecule has 0 aromatic carbocycles. The topological polar surface area (TPSA) is 70.3 Å². The molecule has 55 valence electrons. The van der Waals surface area contributed by atoms with Gasteiger partial charge in [-0.05, 0) is 6.92 Å². The van der Waals surface area contributed by atoms with Gasteiger partial charge >= 0.3 is 5.97 Å². The van der Waals surface area contributed by atoms with E-state index >= 15 is 0 Å². The fraction of sp³-hybridized carbons (Fsp3) is 0.500. The number of aliphatic carboxylic acids is 1. The summed E-state index contributed by atoms with van der Waals surface area (Å²) in [6.07, 6.45) is -0.803. The lowest BCUT2D eigenvalue weighted by Crippen LogP contribution is -2.25. The molecule has 4 nitrogen and oxygen atoms in total. The number of carboxylic acid groups (broad SMARTS) is 1. The lowest BCUT2D eigenvalue weighted by atomic mass is 10.1. The molecule has 0 spiro atoms. The van der Waals surface area contributed by atoms with Crippen molar-refractivity contribution in [3.8, 4) is 6.07 Å². The Morgan fingerprint density at radius 1 is 1.90 bits per heavy atom. The summed E-state index contributed by atoms with van der Waals surface area (Å²) in [5.41, 5.74) is 0. The number of carboxylic acids is 1. The molecule has 0 aromatic heterocycles. The number of ether oxygens (including phenoxy) is 1. The van der Waals surface area contributed by atoms with Gasteiger partial charge in [-0.1, -0.05) is 0 Å². The first kappa shape index (κ1) is 8.92. The Bertz CT molecular complexity index is 161. The molecule has 0 bridgehead atoms. The second-order valence-electron chi connectivity index (χ2n) is 1.72. The summed E-state index contributed by atoms with van der Waals surface area (Å²) in [7, 11) is 1.31. The Morgan fingerprint density at radius 2 is 2.40 bits per heavy atom. The number of hydrogen-bond donors (Lipinski definition) is 1. The van der Waals surface area contributed by atoms with Crippen molar-refractivity contribution in [2.75, 3.05) is 7.11 Å². The van der Waals surface area contributed by atoms with Gasteiger partial charge in [0.25, 0.3) is 0 Å². The minimum atomic E-state index is -1.20. The number of hydrogen-bond acceptors (Lipinski definition) is 3. The van der Waals surface area contributed by atoms with Gasteiger partial charge in [0, 0.05) is 7.11 Å². The first-order chi connectivity index (χ1) is 4.63. The molecule has 0 aliphatic rings. The molecule has 2 atom stereocenters. The van der Waals surface area contributed by atoms with E-state index in [4.69, 9.17) is 10.4 Å². The molecule has 0 aliphatic carbocycles. The van der Waals surface area contributed by atoms with Crippen LogP contribution in [-0.2, 0) is 9.53 Å². The standard InChI is InChI=1S/C6H8NO3/c1-4(10-2)5(3-7)6(8)9/h4-5H,1H2,2H3,(H,8,9). The predicted octanol–water partition coefficient (Wildman–Crippen LogP) is 0.0599. The van der Waals surface area contributed by atoms with Crippen LogP contribution in [0.1, 0.15) is 0 Å². The van der Waals surface area contributed by atoms with Gasteiger partial charge in [0.1, 0.15) is 0 Å².